The average molecular weight is 383 g/mol. The summed E-state index contributed by atoms with van der Waals surface area (Å²) >= 11 is 0. The zero-order valence-corrected chi connectivity index (χ0v) is 16.1. The molecule has 144 valence electrons. The summed E-state index contributed by atoms with van der Waals surface area (Å²) in [6.07, 6.45) is 2.62. The van der Waals surface area contributed by atoms with Crippen molar-refractivity contribution >= 4 is 17.4 Å². The molecule has 1 aliphatic heterocycles. The Morgan fingerprint density at radius 2 is 1.90 bits per heavy atom. The maximum absolute atomic E-state index is 13.1. The van der Waals surface area contributed by atoms with Gasteiger partial charge in [-0.3, -0.25) is 9.20 Å². The van der Waals surface area contributed by atoms with Gasteiger partial charge < -0.3 is 10.1 Å². The van der Waals surface area contributed by atoms with Crippen LogP contribution in [-0.2, 0) is 11.2 Å². The van der Waals surface area contributed by atoms with Crippen molar-refractivity contribution in [3.8, 4) is 17.0 Å². The predicted octanol–water partition coefficient (Wildman–Crippen LogP) is 4.50. The van der Waals surface area contributed by atoms with Crippen LogP contribution in [0.4, 0.5) is 5.82 Å². The molecule has 0 bridgehead atoms. The topological polar surface area (TPSA) is 55.6 Å². The van der Waals surface area contributed by atoms with Crippen molar-refractivity contribution in [3.05, 3.63) is 84.1 Å². The number of aromatic nitrogens is 2. The Balaban J connectivity index is 1.50. The van der Waals surface area contributed by atoms with Crippen LogP contribution in [0.3, 0.4) is 0 Å². The molecule has 1 atom stereocenters. The van der Waals surface area contributed by atoms with Crippen LogP contribution in [0.5, 0.6) is 5.75 Å². The maximum atomic E-state index is 13.1. The number of pyridine rings is 1. The number of carbonyl (C=O) groups is 1. The first kappa shape index (κ1) is 17.5. The number of hydrogen-bond donors (Lipinski definition) is 1. The van der Waals surface area contributed by atoms with E-state index in [0.29, 0.717) is 18.8 Å². The standard InChI is InChI=1S/C24H21N3O2/c1-16-11-12-27-21(13-16)25-22(17-7-3-2-4-8-17)23(27)26-24(28)19-14-18-9-5-6-10-20(18)29-15-19/h2-13,19H,14-15H2,1H3,(H,26,28). The SMILES string of the molecule is Cc1ccn2c(NC(=O)C3COc4ccccc4C3)c(-c3ccccc3)nc2c1. The van der Waals surface area contributed by atoms with Gasteiger partial charge >= 0.3 is 0 Å². The van der Waals surface area contributed by atoms with Crippen molar-refractivity contribution in [2.45, 2.75) is 13.3 Å². The van der Waals surface area contributed by atoms with Crippen LogP contribution in [0.15, 0.2) is 72.9 Å². The van der Waals surface area contributed by atoms with E-state index >= 15 is 0 Å². The molecule has 2 aromatic heterocycles. The number of aryl methyl sites for hydroxylation is 1. The summed E-state index contributed by atoms with van der Waals surface area (Å²) < 4.78 is 7.75. The summed E-state index contributed by atoms with van der Waals surface area (Å²) in [5.74, 6) is 1.26. The minimum absolute atomic E-state index is 0.0564. The number of ether oxygens (including phenoxy) is 1. The van der Waals surface area contributed by atoms with Crippen LogP contribution in [0.1, 0.15) is 11.1 Å². The Bertz CT molecular complexity index is 1200. The van der Waals surface area contributed by atoms with E-state index in [9.17, 15) is 4.79 Å². The molecule has 29 heavy (non-hydrogen) atoms. The second-order valence-electron chi connectivity index (χ2n) is 7.42. The lowest BCUT2D eigenvalue weighted by Crippen LogP contribution is -2.33. The van der Waals surface area contributed by atoms with E-state index in [2.05, 4.69) is 5.32 Å². The Kier molecular flexibility index (Phi) is 4.28. The molecule has 2 aromatic carbocycles. The van der Waals surface area contributed by atoms with E-state index in [1.54, 1.807) is 0 Å². The van der Waals surface area contributed by atoms with Crippen molar-refractivity contribution in [3.63, 3.8) is 0 Å². The molecule has 5 rings (SSSR count). The van der Waals surface area contributed by atoms with Crippen molar-refractivity contribution in [2.75, 3.05) is 11.9 Å². The number of para-hydroxylation sites is 1. The number of benzene rings is 2. The van der Waals surface area contributed by atoms with Crippen LogP contribution in [-0.4, -0.2) is 21.9 Å². The molecule has 1 aliphatic rings. The molecule has 1 amide bonds. The minimum Gasteiger partial charge on any atom is -0.492 e. The molecule has 0 radical (unpaired) electrons. The van der Waals surface area contributed by atoms with Gasteiger partial charge in [0.15, 0.2) is 0 Å². The highest BCUT2D eigenvalue weighted by atomic mass is 16.5. The molecule has 5 nitrogen and oxygen atoms in total. The Morgan fingerprint density at radius 3 is 2.76 bits per heavy atom. The Morgan fingerprint density at radius 1 is 1.10 bits per heavy atom. The molecule has 1 unspecified atom stereocenters. The maximum Gasteiger partial charge on any atom is 0.232 e. The number of nitrogens with one attached hydrogen (secondary N) is 1. The third-order valence-electron chi connectivity index (χ3n) is 5.32. The molecule has 0 saturated carbocycles. The second-order valence-corrected chi connectivity index (χ2v) is 7.42. The van der Waals surface area contributed by atoms with Crippen LogP contribution >= 0.6 is 0 Å². The van der Waals surface area contributed by atoms with Gasteiger partial charge in [-0.15, -0.1) is 0 Å². The van der Waals surface area contributed by atoms with E-state index in [1.165, 1.54) is 0 Å². The quantitative estimate of drug-likeness (QED) is 0.567. The summed E-state index contributed by atoms with van der Waals surface area (Å²) in [5.41, 5.74) is 4.73. The van der Waals surface area contributed by atoms with Gasteiger partial charge in [-0.25, -0.2) is 4.98 Å². The lowest BCUT2D eigenvalue weighted by atomic mass is 9.96. The molecule has 0 spiro atoms. The molecule has 5 heteroatoms. The highest BCUT2D eigenvalue weighted by Gasteiger charge is 2.27. The van der Waals surface area contributed by atoms with E-state index in [0.717, 1.165) is 33.8 Å². The van der Waals surface area contributed by atoms with E-state index < -0.39 is 0 Å². The third kappa shape index (κ3) is 3.25. The van der Waals surface area contributed by atoms with Gasteiger partial charge in [0.2, 0.25) is 5.91 Å². The van der Waals surface area contributed by atoms with Gasteiger partial charge in [-0.2, -0.15) is 0 Å². The van der Waals surface area contributed by atoms with Gasteiger partial charge in [-0.05, 0) is 42.7 Å². The first-order chi connectivity index (χ1) is 14.2. The number of anilines is 1. The summed E-state index contributed by atoms with van der Waals surface area (Å²) in [4.78, 5) is 17.9. The first-order valence-electron chi connectivity index (χ1n) is 9.75. The van der Waals surface area contributed by atoms with Crippen molar-refractivity contribution in [1.82, 2.24) is 9.38 Å². The zero-order valence-electron chi connectivity index (χ0n) is 16.1. The number of hydrogen-bond acceptors (Lipinski definition) is 3. The lowest BCUT2D eigenvalue weighted by Gasteiger charge is -2.24. The molecule has 0 fully saturated rings. The van der Waals surface area contributed by atoms with E-state index in [-0.39, 0.29) is 11.8 Å². The van der Waals surface area contributed by atoms with Crippen LogP contribution in [0, 0.1) is 12.8 Å². The molecule has 4 aromatic rings. The zero-order chi connectivity index (χ0) is 19.8. The van der Waals surface area contributed by atoms with Gasteiger partial charge in [0.25, 0.3) is 0 Å². The highest BCUT2D eigenvalue weighted by molar-refractivity contribution is 5.96. The van der Waals surface area contributed by atoms with E-state index in [1.807, 2.05) is 84.3 Å². The number of imidazole rings is 1. The van der Waals surface area contributed by atoms with Gasteiger partial charge in [0.05, 0.1) is 5.92 Å². The molecular weight excluding hydrogens is 362 g/mol. The summed E-state index contributed by atoms with van der Waals surface area (Å²) in [7, 11) is 0. The normalized spacial score (nSPS) is 15.6. The molecule has 0 aliphatic carbocycles. The van der Waals surface area contributed by atoms with Crippen LogP contribution < -0.4 is 10.1 Å². The average Bonchev–Trinajstić information content (AvgIpc) is 3.11. The summed E-state index contributed by atoms with van der Waals surface area (Å²) in [6.45, 7) is 2.41. The molecular formula is C24H21N3O2. The fourth-order valence-corrected chi connectivity index (χ4v) is 3.78. The number of amides is 1. The molecule has 0 saturated heterocycles. The highest BCUT2D eigenvalue weighted by Crippen LogP contribution is 2.31. The predicted molar refractivity (Wildman–Crippen MR) is 113 cm³/mol. The van der Waals surface area contributed by atoms with Crippen molar-refractivity contribution in [1.29, 1.82) is 0 Å². The number of nitrogens with zero attached hydrogens (tertiary/aromatic N) is 2. The fourth-order valence-electron chi connectivity index (χ4n) is 3.78. The number of rotatable bonds is 3. The minimum atomic E-state index is -0.246. The fraction of sp³-hybridized carbons (Fsp3) is 0.167. The molecule has 1 N–H and O–H groups in total. The first-order valence-corrected chi connectivity index (χ1v) is 9.75. The number of fused-ring (bicyclic) bond motifs is 2. The smallest absolute Gasteiger partial charge is 0.232 e. The van der Waals surface area contributed by atoms with Gasteiger partial charge in [-0.1, -0.05) is 48.5 Å². The van der Waals surface area contributed by atoms with Crippen molar-refractivity contribution < 1.29 is 9.53 Å². The monoisotopic (exact) mass is 383 g/mol. The van der Waals surface area contributed by atoms with E-state index in [4.69, 9.17) is 9.72 Å². The van der Waals surface area contributed by atoms with Gasteiger partial charge in [0, 0.05) is 11.8 Å². The lowest BCUT2D eigenvalue weighted by molar-refractivity contribution is -0.121. The van der Waals surface area contributed by atoms with Crippen LogP contribution in [0.2, 0.25) is 0 Å². The Labute approximate surface area is 169 Å². The number of carbonyl (C=O) groups excluding carboxylic acids is 1. The van der Waals surface area contributed by atoms with Gasteiger partial charge in [0.1, 0.15) is 29.5 Å². The summed E-state index contributed by atoms with van der Waals surface area (Å²) in [5, 5.41) is 3.13. The molecule has 3 heterocycles. The van der Waals surface area contributed by atoms with Crippen LogP contribution in [0.25, 0.3) is 16.9 Å². The van der Waals surface area contributed by atoms with Crippen molar-refractivity contribution in [2.24, 2.45) is 5.92 Å². The second kappa shape index (κ2) is 7.09. The summed E-state index contributed by atoms with van der Waals surface area (Å²) in [6, 6.07) is 21.8. The Hall–Kier alpha value is -3.60. The third-order valence-corrected chi connectivity index (χ3v) is 5.32. The largest absolute Gasteiger partial charge is 0.492 e.